The molecule has 7 nitrogen and oxygen atoms in total. The lowest BCUT2D eigenvalue weighted by atomic mass is 10.2. The van der Waals surface area contributed by atoms with E-state index in [-0.39, 0.29) is 13.0 Å². The zero-order chi connectivity index (χ0) is 15.9. The van der Waals surface area contributed by atoms with Crippen LogP contribution in [0.1, 0.15) is 12.0 Å². The van der Waals surface area contributed by atoms with E-state index in [2.05, 4.69) is 15.3 Å². The maximum Gasteiger partial charge on any atom is 0.321 e. The number of carboxylic acid groups (broad SMARTS) is 1. The van der Waals surface area contributed by atoms with E-state index in [0.29, 0.717) is 5.82 Å². The van der Waals surface area contributed by atoms with Crippen LogP contribution >= 0.6 is 0 Å². The van der Waals surface area contributed by atoms with Crippen molar-refractivity contribution in [2.24, 2.45) is 5.73 Å². The number of benzene rings is 1. The van der Waals surface area contributed by atoms with Gasteiger partial charge in [0.1, 0.15) is 6.04 Å². The molecule has 0 fully saturated rings. The highest BCUT2D eigenvalue weighted by atomic mass is 16.4. The highest BCUT2D eigenvalue weighted by Crippen LogP contribution is 2.13. The van der Waals surface area contributed by atoms with E-state index in [4.69, 9.17) is 10.8 Å². The average Bonchev–Trinajstić information content (AvgIpc) is 2.52. The number of hydrogen-bond donors (Lipinski definition) is 3. The molecule has 0 aliphatic rings. The Labute approximate surface area is 127 Å². The molecule has 0 aliphatic carbocycles. The summed E-state index contributed by atoms with van der Waals surface area (Å²) in [5, 5.41) is 11.7. The summed E-state index contributed by atoms with van der Waals surface area (Å²) >= 11 is 0. The molecule has 1 amide bonds. The Morgan fingerprint density at radius 1 is 1.18 bits per heavy atom. The molecule has 1 aromatic carbocycles. The van der Waals surface area contributed by atoms with E-state index in [0.717, 1.165) is 11.1 Å². The minimum atomic E-state index is -1.12. The Bertz CT molecular complexity index is 644. The summed E-state index contributed by atoms with van der Waals surface area (Å²) in [5.41, 5.74) is 6.64. The van der Waals surface area contributed by atoms with Gasteiger partial charge in [-0.15, -0.1) is 0 Å². The monoisotopic (exact) mass is 300 g/mol. The van der Waals surface area contributed by atoms with Gasteiger partial charge in [0, 0.05) is 30.1 Å². The van der Waals surface area contributed by atoms with Gasteiger partial charge in [-0.2, -0.15) is 0 Å². The second-order valence-corrected chi connectivity index (χ2v) is 4.72. The van der Waals surface area contributed by atoms with Crippen molar-refractivity contribution in [2.45, 2.75) is 19.0 Å². The van der Waals surface area contributed by atoms with E-state index in [1.54, 1.807) is 12.4 Å². The predicted octanol–water partition coefficient (Wildman–Crippen LogP) is 0.562. The van der Waals surface area contributed by atoms with Crippen LogP contribution in [0.15, 0.2) is 42.7 Å². The molecule has 114 valence electrons. The lowest BCUT2D eigenvalue weighted by Crippen LogP contribution is -2.39. The van der Waals surface area contributed by atoms with Crippen molar-refractivity contribution >= 4 is 11.9 Å². The molecule has 0 spiro atoms. The lowest BCUT2D eigenvalue weighted by Gasteiger charge is -2.12. The maximum atomic E-state index is 11.0. The number of aliphatic carboxylic acids is 1. The standard InChI is InChI=1S/C15H16N4O3/c16-13(20)6-12(15(21)22)17-7-10-8-18-14(19-9-10)11-4-2-1-3-5-11/h1-5,8-9,12,17H,6-7H2,(H2,16,20)(H,21,22)/t12-/m1/s1. The van der Waals surface area contributed by atoms with E-state index in [9.17, 15) is 9.59 Å². The number of amides is 1. The van der Waals surface area contributed by atoms with Crippen LogP contribution in [0.2, 0.25) is 0 Å². The van der Waals surface area contributed by atoms with Crippen molar-refractivity contribution in [3.05, 3.63) is 48.3 Å². The first-order valence-electron chi connectivity index (χ1n) is 6.67. The molecule has 4 N–H and O–H groups in total. The molecular formula is C15H16N4O3. The third-order valence-corrected chi connectivity index (χ3v) is 2.99. The minimum Gasteiger partial charge on any atom is -0.480 e. The predicted molar refractivity (Wildman–Crippen MR) is 79.5 cm³/mol. The molecule has 0 bridgehead atoms. The summed E-state index contributed by atoms with van der Waals surface area (Å²) in [4.78, 5) is 30.3. The third-order valence-electron chi connectivity index (χ3n) is 2.99. The normalized spacial score (nSPS) is 11.8. The minimum absolute atomic E-state index is 0.235. The van der Waals surface area contributed by atoms with E-state index < -0.39 is 17.9 Å². The van der Waals surface area contributed by atoms with Gasteiger partial charge in [0.15, 0.2) is 5.82 Å². The summed E-state index contributed by atoms with van der Waals surface area (Å²) < 4.78 is 0. The number of carbonyl (C=O) groups excluding carboxylic acids is 1. The fourth-order valence-corrected chi connectivity index (χ4v) is 1.87. The fraction of sp³-hybridized carbons (Fsp3) is 0.200. The van der Waals surface area contributed by atoms with Gasteiger partial charge in [0.25, 0.3) is 0 Å². The van der Waals surface area contributed by atoms with Gasteiger partial charge in [-0.25, -0.2) is 9.97 Å². The number of carboxylic acids is 1. The van der Waals surface area contributed by atoms with Crippen LogP contribution in [-0.2, 0) is 16.1 Å². The van der Waals surface area contributed by atoms with Crippen LogP contribution in [0, 0.1) is 0 Å². The number of aromatic nitrogens is 2. The Balaban J connectivity index is 1.99. The molecule has 0 aliphatic heterocycles. The van der Waals surface area contributed by atoms with E-state index in [1.165, 1.54) is 0 Å². The van der Waals surface area contributed by atoms with Crippen molar-refractivity contribution in [1.82, 2.24) is 15.3 Å². The largest absolute Gasteiger partial charge is 0.480 e. The number of rotatable bonds is 7. The average molecular weight is 300 g/mol. The Kier molecular flexibility index (Phi) is 5.16. The van der Waals surface area contributed by atoms with Crippen molar-refractivity contribution in [1.29, 1.82) is 0 Å². The van der Waals surface area contributed by atoms with Crippen LogP contribution in [0.3, 0.4) is 0 Å². The molecule has 0 saturated heterocycles. The van der Waals surface area contributed by atoms with Gasteiger partial charge in [0.05, 0.1) is 6.42 Å². The topological polar surface area (TPSA) is 118 Å². The number of hydrogen-bond acceptors (Lipinski definition) is 5. The van der Waals surface area contributed by atoms with Crippen molar-refractivity contribution < 1.29 is 14.7 Å². The van der Waals surface area contributed by atoms with Crippen molar-refractivity contribution in [3.8, 4) is 11.4 Å². The van der Waals surface area contributed by atoms with Crippen molar-refractivity contribution in [2.75, 3.05) is 0 Å². The van der Waals surface area contributed by atoms with Crippen LogP contribution in [0.4, 0.5) is 0 Å². The van der Waals surface area contributed by atoms with Gasteiger partial charge < -0.3 is 10.8 Å². The van der Waals surface area contributed by atoms with Crippen LogP contribution in [-0.4, -0.2) is 33.0 Å². The summed E-state index contributed by atoms with van der Waals surface area (Å²) in [6.45, 7) is 0.235. The Morgan fingerprint density at radius 2 is 1.82 bits per heavy atom. The number of nitrogens with zero attached hydrogens (tertiary/aromatic N) is 2. The first-order chi connectivity index (χ1) is 10.6. The molecule has 22 heavy (non-hydrogen) atoms. The molecule has 0 unspecified atom stereocenters. The van der Waals surface area contributed by atoms with E-state index >= 15 is 0 Å². The second-order valence-electron chi connectivity index (χ2n) is 4.72. The lowest BCUT2D eigenvalue weighted by molar-refractivity contribution is -0.141. The SMILES string of the molecule is NC(=O)C[C@@H](NCc1cnc(-c2ccccc2)nc1)C(=O)O. The van der Waals surface area contributed by atoms with Gasteiger partial charge >= 0.3 is 5.97 Å². The number of carbonyl (C=O) groups is 2. The molecule has 0 saturated carbocycles. The van der Waals surface area contributed by atoms with Gasteiger partial charge in [0.2, 0.25) is 5.91 Å². The third kappa shape index (κ3) is 4.35. The molecular weight excluding hydrogens is 284 g/mol. The van der Waals surface area contributed by atoms with Gasteiger partial charge in [-0.05, 0) is 0 Å². The molecule has 1 atom stereocenters. The smallest absolute Gasteiger partial charge is 0.321 e. The summed E-state index contributed by atoms with van der Waals surface area (Å²) in [7, 11) is 0. The molecule has 2 aromatic rings. The molecule has 1 heterocycles. The second kappa shape index (κ2) is 7.28. The van der Waals surface area contributed by atoms with E-state index in [1.807, 2.05) is 30.3 Å². The fourth-order valence-electron chi connectivity index (χ4n) is 1.87. The molecule has 7 heteroatoms. The molecule has 2 rings (SSSR count). The van der Waals surface area contributed by atoms with Crippen molar-refractivity contribution in [3.63, 3.8) is 0 Å². The van der Waals surface area contributed by atoms with Gasteiger partial charge in [-0.1, -0.05) is 30.3 Å². The molecule has 1 aromatic heterocycles. The first-order valence-corrected chi connectivity index (χ1v) is 6.67. The summed E-state index contributed by atoms with van der Waals surface area (Å²) in [5.74, 6) is -1.20. The number of nitrogens with one attached hydrogen (secondary N) is 1. The Morgan fingerprint density at radius 3 is 2.36 bits per heavy atom. The number of primary amides is 1. The zero-order valence-electron chi connectivity index (χ0n) is 11.8. The number of nitrogens with two attached hydrogens (primary N) is 1. The summed E-state index contributed by atoms with van der Waals surface area (Å²) in [6.07, 6.45) is 2.97. The zero-order valence-corrected chi connectivity index (χ0v) is 11.8. The maximum absolute atomic E-state index is 11.0. The first kappa shape index (κ1) is 15.6. The quantitative estimate of drug-likeness (QED) is 0.687. The van der Waals surface area contributed by atoms with Crippen LogP contribution < -0.4 is 11.1 Å². The summed E-state index contributed by atoms with van der Waals surface area (Å²) in [6, 6.07) is 8.49. The Hall–Kier alpha value is -2.80. The molecule has 0 radical (unpaired) electrons. The van der Waals surface area contributed by atoms with Gasteiger partial charge in [-0.3, -0.25) is 14.9 Å². The highest BCUT2D eigenvalue weighted by Gasteiger charge is 2.19. The highest BCUT2D eigenvalue weighted by molar-refractivity contribution is 5.83. The van der Waals surface area contributed by atoms with Crippen LogP contribution in [0.25, 0.3) is 11.4 Å². The van der Waals surface area contributed by atoms with Crippen LogP contribution in [0.5, 0.6) is 0 Å².